The molecule has 0 N–H and O–H groups in total. The monoisotopic (exact) mass is 431 g/mol. The summed E-state index contributed by atoms with van der Waals surface area (Å²) in [6, 6.07) is 0. The Kier molecular flexibility index (Phi) is 4.77. The van der Waals surface area contributed by atoms with E-state index >= 15 is 0 Å². The van der Waals surface area contributed by atoms with Gasteiger partial charge in [0.1, 0.15) is 12.0 Å². The zero-order valence-corrected chi connectivity index (χ0v) is 17.7. The Labute approximate surface area is 148 Å². The van der Waals surface area contributed by atoms with Crippen molar-refractivity contribution in [2.45, 2.75) is 58.3 Å². The molecule has 0 saturated carbocycles. The Hall–Kier alpha value is -0.473. The minimum atomic E-state index is -1.76. The number of halogens is 1. The largest absolute Gasteiger partial charge is 0.414 e. The summed E-state index contributed by atoms with van der Waals surface area (Å²) in [4.78, 5) is 8.60. The summed E-state index contributed by atoms with van der Waals surface area (Å²) in [5.41, 5.74) is 0.828. The van der Waals surface area contributed by atoms with Gasteiger partial charge < -0.3 is 8.99 Å². The SMILES string of the molecule is CC(C)(CO[Si](C)(C)C(C)(C)C)n1cc(I)c2cncnc21. The van der Waals surface area contributed by atoms with Crippen molar-refractivity contribution in [2.24, 2.45) is 0 Å². The van der Waals surface area contributed by atoms with E-state index in [1.54, 1.807) is 6.33 Å². The smallest absolute Gasteiger partial charge is 0.192 e. The van der Waals surface area contributed by atoms with E-state index in [0.717, 1.165) is 11.0 Å². The first-order valence-electron chi connectivity index (χ1n) is 7.57. The van der Waals surface area contributed by atoms with Crippen LogP contribution in [0.5, 0.6) is 0 Å². The van der Waals surface area contributed by atoms with Crippen LogP contribution in [0.4, 0.5) is 0 Å². The molecular weight excluding hydrogens is 405 g/mol. The topological polar surface area (TPSA) is 39.9 Å². The fraction of sp³-hybridized carbons (Fsp3) is 0.625. The molecule has 22 heavy (non-hydrogen) atoms. The molecule has 0 atom stereocenters. The fourth-order valence-corrected chi connectivity index (χ4v) is 3.84. The van der Waals surface area contributed by atoms with E-state index in [2.05, 4.69) is 91.0 Å². The standard InChI is InChI=1S/C16H26IN3OSi/c1-15(2,3)22(6,7)21-10-16(4,5)20-9-13(17)12-8-18-11-19-14(12)20/h8-9,11H,10H2,1-7H3. The van der Waals surface area contributed by atoms with Crippen molar-refractivity contribution in [3.8, 4) is 0 Å². The second-order valence-corrected chi connectivity index (χ2v) is 13.9. The van der Waals surface area contributed by atoms with Gasteiger partial charge in [-0.05, 0) is 54.6 Å². The lowest BCUT2D eigenvalue weighted by atomic mass is 10.1. The molecule has 0 radical (unpaired) electrons. The van der Waals surface area contributed by atoms with Crippen molar-refractivity contribution < 1.29 is 4.43 Å². The first kappa shape index (κ1) is 17.9. The van der Waals surface area contributed by atoms with Gasteiger partial charge in [-0.1, -0.05) is 20.8 Å². The molecule has 0 aromatic carbocycles. The lowest BCUT2D eigenvalue weighted by Crippen LogP contribution is -2.45. The van der Waals surface area contributed by atoms with E-state index < -0.39 is 8.32 Å². The summed E-state index contributed by atoms with van der Waals surface area (Å²) >= 11 is 2.34. The van der Waals surface area contributed by atoms with Crippen LogP contribution >= 0.6 is 22.6 Å². The third-order valence-corrected chi connectivity index (χ3v) is 10.0. The molecule has 4 nitrogen and oxygen atoms in total. The van der Waals surface area contributed by atoms with Gasteiger partial charge in [0.2, 0.25) is 0 Å². The minimum absolute atomic E-state index is 0.147. The Bertz CT molecular complexity index is 674. The molecular formula is C16H26IN3OSi. The molecule has 0 spiro atoms. The van der Waals surface area contributed by atoms with Gasteiger partial charge in [0, 0.05) is 16.0 Å². The summed E-state index contributed by atoms with van der Waals surface area (Å²) in [7, 11) is -1.76. The van der Waals surface area contributed by atoms with Crippen LogP contribution in [-0.2, 0) is 9.96 Å². The third-order valence-electron chi connectivity index (χ3n) is 4.66. The van der Waals surface area contributed by atoms with Gasteiger partial charge >= 0.3 is 0 Å². The average molecular weight is 431 g/mol. The van der Waals surface area contributed by atoms with Gasteiger partial charge in [-0.25, -0.2) is 9.97 Å². The quantitative estimate of drug-likeness (QED) is 0.516. The predicted molar refractivity (Wildman–Crippen MR) is 103 cm³/mol. The number of fused-ring (bicyclic) bond motifs is 1. The molecule has 0 saturated heterocycles. The Morgan fingerprint density at radius 3 is 2.45 bits per heavy atom. The van der Waals surface area contributed by atoms with E-state index in [-0.39, 0.29) is 10.6 Å². The zero-order chi connectivity index (χ0) is 16.8. The van der Waals surface area contributed by atoms with Crippen molar-refractivity contribution in [1.82, 2.24) is 14.5 Å². The van der Waals surface area contributed by atoms with Crippen LogP contribution in [0.25, 0.3) is 11.0 Å². The Morgan fingerprint density at radius 1 is 1.23 bits per heavy atom. The number of hydrogen-bond donors (Lipinski definition) is 0. The second kappa shape index (κ2) is 5.87. The summed E-state index contributed by atoms with van der Waals surface area (Å²) in [5, 5.41) is 1.32. The molecule has 0 amide bonds. The molecule has 2 rings (SSSR count). The fourth-order valence-electron chi connectivity index (χ4n) is 2.03. The molecule has 0 aliphatic rings. The highest BCUT2D eigenvalue weighted by atomic mass is 127. The summed E-state index contributed by atoms with van der Waals surface area (Å²) in [6.07, 6.45) is 5.64. The zero-order valence-electron chi connectivity index (χ0n) is 14.6. The second-order valence-electron chi connectivity index (χ2n) is 7.97. The number of rotatable bonds is 4. The molecule has 0 bridgehead atoms. The lowest BCUT2D eigenvalue weighted by Gasteiger charge is -2.39. The first-order chi connectivity index (χ1) is 9.96. The maximum absolute atomic E-state index is 6.44. The molecule has 2 aromatic heterocycles. The minimum Gasteiger partial charge on any atom is -0.414 e. The molecule has 2 aromatic rings. The van der Waals surface area contributed by atoms with Gasteiger partial charge in [0.25, 0.3) is 0 Å². The Morgan fingerprint density at radius 2 is 1.86 bits per heavy atom. The number of aromatic nitrogens is 3. The van der Waals surface area contributed by atoms with Gasteiger partial charge in [-0.15, -0.1) is 0 Å². The van der Waals surface area contributed by atoms with Crippen molar-refractivity contribution in [1.29, 1.82) is 0 Å². The molecule has 0 aliphatic carbocycles. The summed E-state index contributed by atoms with van der Waals surface area (Å²) in [5.74, 6) is 0. The third kappa shape index (κ3) is 3.38. The average Bonchev–Trinajstić information content (AvgIpc) is 2.74. The highest BCUT2D eigenvalue weighted by molar-refractivity contribution is 14.1. The molecule has 6 heteroatoms. The van der Waals surface area contributed by atoms with E-state index in [4.69, 9.17) is 4.43 Å². The van der Waals surface area contributed by atoms with Gasteiger partial charge in [-0.3, -0.25) is 0 Å². The van der Waals surface area contributed by atoms with Crippen molar-refractivity contribution in [3.05, 3.63) is 22.3 Å². The van der Waals surface area contributed by atoms with E-state index in [0.29, 0.717) is 6.61 Å². The van der Waals surface area contributed by atoms with Crippen LogP contribution in [0.2, 0.25) is 18.1 Å². The molecule has 122 valence electrons. The van der Waals surface area contributed by atoms with Crippen LogP contribution in [0.15, 0.2) is 18.7 Å². The van der Waals surface area contributed by atoms with Crippen LogP contribution < -0.4 is 0 Å². The predicted octanol–water partition coefficient (Wildman–Crippen LogP) is 4.79. The number of hydrogen-bond acceptors (Lipinski definition) is 3. The van der Waals surface area contributed by atoms with Gasteiger partial charge in [-0.2, -0.15) is 0 Å². The van der Waals surface area contributed by atoms with Crippen LogP contribution in [0, 0.1) is 3.57 Å². The maximum Gasteiger partial charge on any atom is 0.192 e. The first-order valence-corrected chi connectivity index (χ1v) is 11.6. The van der Waals surface area contributed by atoms with Crippen molar-refractivity contribution in [2.75, 3.05) is 6.61 Å². The highest BCUT2D eigenvalue weighted by Crippen LogP contribution is 2.38. The lowest BCUT2D eigenvalue weighted by molar-refractivity contribution is 0.172. The van der Waals surface area contributed by atoms with Crippen molar-refractivity contribution >= 4 is 41.9 Å². The summed E-state index contributed by atoms with van der Waals surface area (Å²) in [6.45, 7) is 16.5. The maximum atomic E-state index is 6.44. The summed E-state index contributed by atoms with van der Waals surface area (Å²) < 4.78 is 9.84. The van der Waals surface area contributed by atoms with Crippen molar-refractivity contribution in [3.63, 3.8) is 0 Å². The molecule has 0 unspecified atom stereocenters. The van der Waals surface area contributed by atoms with Crippen LogP contribution in [-0.4, -0.2) is 29.5 Å². The molecule has 0 aliphatic heterocycles. The molecule has 0 fully saturated rings. The highest BCUT2D eigenvalue weighted by Gasteiger charge is 2.39. The Balaban J connectivity index is 2.30. The van der Waals surface area contributed by atoms with E-state index in [1.807, 2.05) is 6.20 Å². The van der Waals surface area contributed by atoms with E-state index in [1.165, 1.54) is 3.57 Å². The van der Waals surface area contributed by atoms with Gasteiger partial charge in [0.05, 0.1) is 17.5 Å². The van der Waals surface area contributed by atoms with Crippen LogP contribution in [0.3, 0.4) is 0 Å². The normalized spacial score (nSPS) is 13.8. The van der Waals surface area contributed by atoms with E-state index in [9.17, 15) is 0 Å². The van der Waals surface area contributed by atoms with Gasteiger partial charge in [0.15, 0.2) is 8.32 Å². The number of nitrogens with zero attached hydrogens (tertiary/aromatic N) is 3. The molecule has 2 heterocycles. The van der Waals surface area contributed by atoms with Crippen LogP contribution in [0.1, 0.15) is 34.6 Å².